The average molecular weight is 286 g/mol. The minimum absolute atomic E-state index is 0.215. The number of halogens is 2. The van der Waals surface area contributed by atoms with Gasteiger partial charge in [-0.15, -0.1) is 0 Å². The highest BCUT2D eigenvalue weighted by molar-refractivity contribution is 9.10. The molecule has 2 nitrogen and oxygen atoms in total. The summed E-state index contributed by atoms with van der Waals surface area (Å²) in [4.78, 5) is 13.3. The molecule has 86 valence electrons. The Balaban J connectivity index is 2.05. The van der Waals surface area contributed by atoms with E-state index >= 15 is 0 Å². The van der Waals surface area contributed by atoms with Crippen molar-refractivity contribution in [3.8, 4) is 0 Å². The predicted molar refractivity (Wildman–Crippen MR) is 63.6 cm³/mol. The van der Waals surface area contributed by atoms with E-state index in [4.69, 9.17) is 0 Å². The minimum atomic E-state index is -0.215. The Kier molecular flexibility index (Phi) is 3.71. The number of ketones is 1. The van der Waals surface area contributed by atoms with Gasteiger partial charge in [-0.1, -0.05) is 22.0 Å². The van der Waals surface area contributed by atoms with Crippen molar-refractivity contribution in [2.24, 2.45) is 0 Å². The van der Waals surface area contributed by atoms with Crippen LogP contribution in [0.2, 0.25) is 0 Å². The normalized spacial score (nSPS) is 17.8. The molecule has 1 saturated heterocycles. The van der Waals surface area contributed by atoms with Crippen molar-refractivity contribution >= 4 is 21.7 Å². The van der Waals surface area contributed by atoms with E-state index in [9.17, 15) is 9.18 Å². The SMILES string of the molecule is O=C1CCCN(Cc2ccc(Br)cc2F)C1. The van der Waals surface area contributed by atoms with Gasteiger partial charge in [0.05, 0.1) is 6.54 Å². The molecule has 1 aromatic rings. The van der Waals surface area contributed by atoms with E-state index in [2.05, 4.69) is 15.9 Å². The molecular weight excluding hydrogens is 273 g/mol. The zero-order chi connectivity index (χ0) is 11.5. The Morgan fingerprint density at radius 1 is 1.44 bits per heavy atom. The van der Waals surface area contributed by atoms with Gasteiger partial charge in [-0.3, -0.25) is 9.69 Å². The molecule has 1 fully saturated rings. The first kappa shape index (κ1) is 11.7. The van der Waals surface area contributed by atoms with Crippen LogP contribution in [0, 0.1) is 5.82 Å². The van der Waals surface area contributed by atoms with Crippen molar-refractivity contribution < 1.29 is 9.18 Å². The van der Waals surface area contributed by atoms with Gasteiger partial charge < -0.3 is 0 Å². The number of carbonyl (C=O) groups is 1. The van der Waals surface area contributed by atoms with Crippen molar-refractivity contribution in [2.75, 3.05) is 13.1 Å². The van der Waals surface area contributed by atoms with Crippen LogP contribution in [-0.2, 0) is 11.3 Å². The zero-order valence-electron chi connectivity index (χ0n) is 8.88. The van der Waals surface area contributed by atoms with Gasteiger partial charge in [-0.05, 0) is 25.1 Å². The van der Waals surface area contributed by atoms with Gasteiger partial charge in [-0.25, -0.2) is 4.39 Å². The van der Waals surface area contributed by atoms with E-state index in [1.807, 2.05) is 11.0 Å². The zero-order valence-corrected chi connectivity index (χ0v) is 10.5. The quantitative estimate of drug-likeness (QED) is 0.833. The molecule has 1 aromatic carbocycles. The van der Waals surface area contributed by atoms with Gasteiger partial charge in [0.25, 0.3) is 0 Å². The van der Waals surface area contributed by atoms with Gasteiger partial charge in [0, 0.05) is 23.0 Å². The third kappa shape index (κ3) is 2.89. The summed E-state index contributed by atoms with van der Waals surface area (Å²) in [6.07, 6.45) is 1.55. The molecule has 0 unspecified atom stereocenters. The van der Waals surface area contributed by atoms with E-state index in [0.29, 0.717) is 25.1 Å². The van der Waals surface area contributed by atoms with Crippen LogP contribution in [0.25, 0.3) is 0 Å². The van der Waals surface area contributed by atoms with E-state index in [1.54, 1.807) is 6.07 Å². The molecule has 0 radical (unpaired) electrons. The lowest BCUT2D eigenvalue weighted by Crippen LogP contribution is -2.35. The molecule has 0 aliphatic carbocycles. The molecule has 2 rings (SSSR count). The summed E-state index contributed by atoms with van der Waals surface area (Å²) in [6, 6.07) is 5.05. The van der Waals surface area contributed by atoms with Gasteiger partial charge in [0.1, 0.15) is 11.6 Å². The monoisotopic (exact) mass is 285 g/mol. The first-order chi connectivity index (χ1) is 7.65. The predicted octanol–water partition coefficient (Wildman–Crippen LogP) is 2.75. The maximum absolute atomic E-state index is 13.6. The molecule has 0 spiro atoms. The van der Waals surface area contributed by atoms with Crippen molar-refractivity contribution in [3.63, 3.8) is 0 Å². The largest absolute Gasteiger partial charge is 0.298 e. The number of nitrogens with zero attached hydrogens (tertiary/aromatic N) is 1. The number of carbonyl (C=O) groups excluding carboxylic acids is 1. The van der Waals surface area contributed by atoms with Crippen molar-refractivity contribution in [2.45, 2.75) is 19.4 Å². The third-order valence-electron chi connectivity index (χ3n) is 2.74. The smallest absolute Gasteiger partial charge is 0.146 e. The Morgan fingerprint density at radius 2 is 2.25 bits per heavy atom. The minimum Gasteiger partial charge on any atom is -0.298 e. The first-order valence-electron chi connectivity index (χ1n) is 5.33. The number of Topliss-reactive ketones (excluding diaryl/α,β-unsaturated/α-hetero) is 1. The van der Waals surface area contributed by atoms with E-state index in [-0.39, 0.29) is 11.6 Å². The standard InChI is InChI=1S/C12H13BrFNO/c13-10-4-3-9(12(14)6-10)7-15-5-1-2-11(16)8-15/h3-4,6H,1-2,5,7-8H2. The summed E-state index contributed by atoms with van der Waals surface area (Å²) in [7, 11) is 0. The van der Waals surface area contributed by atoms with Crippen LogP contribution >= 0.6 is 15.9 Å². The average Bonchev–Trinajstić information content (AvgIpc) is 2.22. The van der Waals surface area contributed by atoms with Crippen molar-refractivity contribution in [1.29, 1.82) is 0 Å². The first-order valence-corrected chi connectivity index (χ1v) is 6.12. The molecule has 16 heavy (non-hydrogen) atoms. The molecule has 0 atom stereocenters. The molecule has 4 heteroatoms. The molecule has 0 saturated carbocycles. The second kappa shape index (κ2) is 5.06. The fraction of sp³-hybridized carbons (Fsp3) is 0.417. The summed E-state index contributed by atoms with van der Waals surface area (Å²) in [5, 5.41) is 0. The Morgan fingerprint density at radius 3 is 2.94 bits per heavy atom. The highest BCUT2D eigenvalue weighted by Gasteiger charge is 2.17. The van der Waals surface area contributed by atoms with Crippen LogP contribution in [0.1, 0.15) is 18.4 Å². The number of benzene rings is 1. The second-order valence-corrected chi connectivity index (χ2v) is 5.00. The van der Waals surface area contributed by atoms with Crippen molar-refractivity contribution in [1.82, 2.24) is 4.90 Å². The highest BCUT2D eigenvalue weighted by Crippen LogP contribution is 2.18. The molecule has 1 aliphatic rings. The van der Waals surface area contributed by atoms with Crippen LogP contribution in [0.15, 0.2) is 22.7 Å². The van der Waals surface area contributed by atoms with Crippen LogP contribution in [0.3, 0.4) is 0 Å². The lowest BCUT2D eigenvalue weighted by atomic mass is 10.1. The van der Waals surface area contributed by atoms with Crippen LogP contribution in [0.5, 0.6) is 0 Å². The number of hydrogen-bond acceptors (Lipinski definition) is 2. The summed E-state index contributed by atoms with van der Waals surface area (Å²) in [5.41, 5.74) is 0.651. The topological polar surface area (TPSA) is 20.3 Å². The molecule has 1 heterocycles. The molecule has 1 aliphatic heterocycles. The van der Waals surface area contributed by atoms with Gasteiger partial charge >= 0.3 is 0 Å². The van der Waals surface area contributed by atoms with E-state index in [1.165, 1.54) is 6.07 Å². The lowest BCUT2D eigenvalue weighted by molar-refractivity contribution is -0.122. The number of likely N-dealkylation sites (tertiary alicyclic amines) is 1. The molecule has 0 bridgehead atoms. The molecule has 0 aromatic heterocycles. The summed E-state index contributed by atoms with van der Waals surface area (Å²) < 4.78 is 14.3. The summed E-state index contributed by atoms with van der Waals surface area (Å²) in [6.45, 7) is 1.85. The Hall–Kier alpha value is -0.740. The van der Waals surface area contributed by atoms with Crippen LogP contribution < -0.4 is 0 Å². The third-order valence-corrected chi connectivity index (χ3v) is 3.23. The fourth-order valence-corrected chi connectivity index (χ4v) is 2.27. The van der Waals surface area contributed by atoms with Crippen LogP contribution in [0.4, 0.5) is 4.39 Å². The highest BCUT2D eigenvalue weighted by atomic mass is 79.9. The maximum atomic E-state index is 13.6. The second-order valence-electron chi connectivity index (χ2n) is 4.09. The Labute approximate surface area is 103 Å². The molecular formula is C12H13BrFNO. The molecule has 0 amide bonds. The lowest BCUT2D eigenvalue weighted by Gasteiger charge is -2.25. The fourth-order valence-electron chi connectivity index (χ4n) is 1.93. The number of piperidine rings is 1. The van der Waals surface area contributed by atoms with E-state index < -0.39 is 0 Å². The van der Waals surface area contributed by atoms with Crippen molar-refractivity contribution in [3.05, 3.63) is 34.1 Å². The van der Waals surface area contributed by atoms with E-state index in [0.717, 1.165) is 17.4 Å². The summed E-state index contributed by atoms with van der Waals surface area (Å²) in [5.74, 6) is 0.0381. The number of rotatable bonds is 2. The van der Waals surface area contributed by atoms with Gasteiger partial charge in [0.15, 0.2) is 0 Å². The maximum Gasteiger partial charge on any atom is 0.146 e. The summed E-state index contributed by atoms with van der Waals surface area (Å²) >= 11 is 3.22. The van der Waals surface area contributed by atoms with Gasteiger partial charge in [0.2, 0.25) is 0 Å². The Bertz CT molecular complexity index is 408. The molecule has 0 N–H and O–H groups in total. The van der Waals surface area contributed by atoms with Gasteiger partial charge in [-0.2, -0.15) is 0 Å². The van der Waals surface area contributed by atoms with Crippen LogP contribution in [-0.4, -0.2) is 23.8 Å². The number of hydrogen-bond donors (Lipinski definition) is 0.